The van der Waals surface area contributed by atoms with Gasteiger partial charge in [-0.2, -0.15) is 10.5 Å². The second kappa shape index (κ2) is 53.0. The van der Waals surface area contributed by atoms with Crippen molar-refractivity contribution in [2.24, 2.45) is 0 Å². The Kier molecular flexibility index (Phi) is 30.1. The zero-order valence-corrected chi connectivity index (χ0v) is 84.1. The molecule has 7 N–H and O–H groups in total. The highest BCUT2D eigenvalue weighted by molar-refractivity contribution is 6.62. The molecule has 4 aliphatic rings. The molecule has 0 spiro atoms. The summed E-state index contributed by atoms with van der Waals surface area (Å²) < 4.78 is 242. The number of aromatic amines is 3. The van der Waals surface area contributed by atoms with E-state index in [4.69, 9.17) is 185 Å². The Hall–Kier alpha value is -14.0. The van der Waals surface area contributed by atoms with E-state index in [1.54, 1.807) is 30.3 Å². The van der Waals surface area contributed by atoms with Crippen LogP contribution in [0.4, 0.5) is 42.9 Å². The van der Waals surface area contributed by atoms with E-state index in [2.05, 4.69) is 60.3 Å². The van der Waals surface area contributed by atoms with Gasteiger partial charge >= 0.3 is 7.12 Å². The highest BCUT2D eigenvalue weighted by Crippen LogP contribution is 2.41. The maximum atomic E-state index is 15.2. The molecule has 10 heterocycles. The number of nitriles is 2. The zero-order valence-electron chi connectivity index (χ0n) is 100. The van der Waals surface area contributed by atoms with Gasteiger partial charge < -0.3 is 78.6 Å². The molecular formula is C100H88BCl9F2N20O16. The van der Waals surface area contributed by atoms with Crippen LogP contribution in [0.3, 0.4) is 0 Å². The molecule has 4 fully saturated rings. The molecule has 10 aromatic carbocycles. The average Bonchev–Trinajstić information content (AvgIpc) is 1.28. The molecule has 48 heteroatoms. The van der Waals surface area contributed by atoms with Gasteiger partial charge in [-0.3, -0.25) is 34.6 Å². The number of aliphatic hydroxyl groups is 2. The molecule has 0 bridgehead atoms. The maximum absolute atomic E-state index is 15.2. The van der Waals surface area contributed by atoms with Crippen LogP contribution in [-0.2, 0) is 23.5 Å². The van der Waals surface area contributed by atoms with E-state index in [-0.39, 0.29) is 227 Å². The molecule has 764 valence electrons. The molecule has 0 amide bonds. The third kappa shape index (κ3) is 30.2. The predicted molar refractivity (Wildman–Crippen MR) is 567 cm³/mol. The quantitative estimate of drug-likeness (QED) is 0.0270. The van der Waals surface area contributed by atoms with Crippen molar-refractivity contribution in [3.8, 4) is 35.2 Å². The Morgan fingerprint density at radius 1 is 0.466 bits per heavy atom. The number of benzene rings is 10. The summed E-state index contributed by atoms with van der Waals surface area (Å²) in [7, 11) is 2.00. The number of nitrogens with one attached hydrogen (secondary N) is 3. The number of nitro benzene ring substituents is 2. The lowest BCUT2D eigenvalue weighted by atomic mass is 9.77. The van der Waals surface area contributed by atoms with Crippen LogP contribution in [0.15, 0.2) is 239 Å². The van der Waals surface area contributed by atoms with E-state index in [0.717, 1.165) is 18.5 Å². The molecule has 0 aliphatic carbocycles. The van der Waals surface area contributed by atoms with Gasteiger partial charge in [-0.25, -0.2) is 33.7 Å². The molecule has 4 aliphatic heterocycles. The number of halogens is 11. The fraction of sp³-hybridized carbons (Fsp3) is 0.220. The highest BCUT2D eigenvalue weighted by atomic mass is 35.5. The number of nitrogens with zero attached hydrogens (tertiary/aromatic N) is 16. The number of morpholine rings is 3. The summed E-state index contributed by atoms with van der Waals surface area (Å²) in [5.74, 6) is -0.681. The van der Waals surface area contributed by atoms with Crippen molar-refractivity contribution in [1.82, 2.24) is 60.3 Å². The van der Waals surface area contributed by atoms with E-state index in [1.165, 1.54) is 63.5 Å². The van der Waals surface area contributed by atoms with Crippen molar-refractivity contribution < 1.29 is 93.4 Å². The molecule has 0 saturated carbocycles. The lowest BCUT2D eigenvalue weighted by Crippen LogP contribution is -2.41. The van der Waals surface area contributed by atoms with Gasteiger partial charge in [0.2, 0.25) is 11.8 Å². The van der Waals surface area contributed by atoms with Crippen molar-refractivity contribution in [3.63, 3.8) is 0 Å². The number of anilines is 4. The fourth-order valence-corrected chi connectivity index (χ4v) is 14.3. The first-order valence-corrected chi connectivity index (χ1v) is 46.0. The summed E-state index contributed by atoms with van der Waals surface area (Å²) in [6, 6.07) is 10.8. The molecule has 148 heavy (non-hydrogen) atoms. The normalized spacial score (nSPS) is 16.2. The Morgan fingerprint density at radius 3 is 1.33 bits per heavy atom. The highest BCUT2D eigenvalue weighted by Gasteiger charge is 2.53. The summed E-state index contributed by atoms with van der Waals surface area (Å²) in [6.45, 7) is 14.5. The summed E-state index contributed by atoms with van der Waals surface area (Å²) in [5, 5.41) is 73.5. The van der Waals surface area contributed by atoms with Gasteiger partial charge in [0.1, 0.15) is 52.9 Å². The second-order valence-corrected chi connectivity index (χ2v) is 34.4. The lowest BCUT2D eigenvalue weighted by molar-refractivity contribution is -0.385. The summed E-state index contributed by atoms with van der Waals surface area (Å²) >= 11 is 51.0. The van der Waals surface area contributed by atoms with Crippen molar-refractivity contribution in [1.29, 1.82) is 10.5 Å². The average molecular weight is 2220 g/mol. The van der Waals surface area contributed by atoms with Gasteiger partial charge in [0, 0.05) is 148 Å². The smallest absolute Gasteiger partial charge is 0.480 e. The third-order valence-electron chi connectivity index (χ3n) is 21.0. The first-order valence-electron chi connectivity index (χ1n) is 54.1. The predicted octanol–water partition coefficient (Wildman–Crippen LogP) is 19.4. The first kappa shape index (κ1) is 83.9. The topological polar surface area (TPSA) is 489 Å². The van der Waals surface area contributed by atoms with Crippen LogP contribution < -0.4 is 52.0 Å². The lowest BCUT2D eigenvalue weighted by Gasteiger charge is -2.32. The zero-order chi connectivity index (χ0) is 127. The van der Waals surface area contributed by atoms with E-state index in [9.17, 15) is 49.2 Å². The van der Waals surface area contributed by atoms with Crippen molar-refractivity contribution in [2.75, 3.05) is 114 Å². The number of H-pyrrole nitrogens is 3. The molecule has 20 rings (SSSR count). The number of ether oxygens (including phenoxy) is 5. The fourth-order valence-electron chi connectivity index (χ4n) is 12.9. The van der Waals surface area contributed by atoms with Gasteiger partial charge in [-0.15, -0.1) is 20.4 Å². The maximum Gasteiger partial charge on any atom is 0.497 e. The number of hydrogen-bond donors (Lipinski definition) is 6. The minimum atomic E-state index is -1.31. The molecule has 4 saturated heterocycles. The number of fused-ring (bicyclic) bond motifs is 4. The van der Waals surface area contributed by atoms with E-state index < -0.39 is 131 Å². The second-order valence-electron chi connectivity index (χ2n) is 30.9. The van der Waals surface area contributed by atoms with Crippen molar-refractivity contribution in [2.45, 2.75) is 51.1 Å². The van der Waals surface area contributed by atoms with E-state index >= 15 is 4.39 Å². The van der Waals surface area contributed by atoms with Gasteiger partial charge in [-0.1, -0.05) is 110 Å². The monoisotopic (exact) mass is 2210 g/mol. The van der Waals surface area contributed by atoms with Gasteiger partial charge in [0.25, 0.3) is 28.1 Å². The van der Waals surface area contributed by atoms with Gasteiger partial charge in [0.15, 0.2) is 0 Å². The molecule has 16 aromatic rings. The number of nitro groups is 2. The largest absolute Gasteiger partial charge is 0.497 e. The van der Waals surface area contributed by atoms with Gasteiger partial charge in [0.05, 0.1) is 192 Å². The van der Waals surface area contributed by atoms with Crippen LogP contribution in [0, 0.1) is 54.5 Å². The van der Waals surface area contributed by atoms with Crippen LogP contribution >= 0.6 is 104 Å². The number of rotatable bonds is 13. The first-order chi connectivity index (χ1) is 80.5. The van der Waals surface area contributed by atoms with Crippen LogP contribution in [-0.4, -0.2) is 192 Å². The van der Waals surface area contributed by atoms with Gasteiger partial charge in [-0.05, 0) is 197 Å². The number of nitrogen functional groups attached to an aromatic ring is 1. The minimum absolute atomic E-state index is 0.000454. The summed E-state index contributed by atoms with van der Waals surface area (Å²) in [4.78, 5) is 87.3. The van der Waals surface area contributed by atoms with Crippen LogP contribution in [0.25, 0.3) is 54.9 Å². The third-order valence-corrected chi connectivity index (χ3v) is 23.1. The van der Waals surface area contributed by atoms with Crippen molar-refractivity contribution in [3.05, 3.63) is 367 Å². The number of methoxy groups -OCH3 is 2. The minimum Gasteiger partial charge on any atom is -0.480 e. The molecular weight excluding hydrogens is 2110 g/mol. The Morgan fingerprint density at radius 2 is 0.858 bits per heavy atom. The number of hydrogen-bond acceptors (Lipinski definition) is 31. The number of aromatic nitrogens is 12. The SMILES string of the molecule is COc1ccc(C(O)c2cc(B3OC(C)(C)C(C)(C)O3)c(F)cc2Cl)nn1.[2H]c1c(Cl)c([2H])c2nc[nH]c(=O)c2c1[2H].[2H]c1c(N2CCOCC2)c([2H])c2nc[nH]c(=O)c2c1[2H].[2H]c1c(N2CCOCC2)cc2nc[nH]c(=O)c2c1[2H].[2H]c1c(N2CCOCC2)cc2ncnc(-c3cc(C(O)c4ccc(OC)nn4)c(Cl)cc3F)c2c1[2H].[2H]c1c([2H])c(C#N)c(N)c([2H])c1Cl.[2H]c1c([2H])c(C#N)c([N+](=O)[O-])c([2H])c1Cl.[2H]c1c([2H])c(Cl)c([2H])c([2H])c1Cl.[2H]c1c([2H])c(Cl)c([N+](=O)[O-])c([2H])c1Cl. The van der Waals surface area contributed by atoms with Crippen molar-refractivity contribution >= 4 is 195 Å². The number of aliphatic hydroxyl groups excluding tert-OH is 2. The van der Waals surface area contributed by atoms with Crippen LogP contribution in [0.1, 0.15) is 105 Å². The molecule has 36 nitrogen and oxygen atoms in total. The van der Waals surface area contributed by atoms with Crippen LogP contribution in [0.5, 0.6) is 11.8 Å². The molecule has 0 radical (unpaired) electrons. The standard InChI is InChI=1S/C24H21ClFN5O3.C18H21BClFN2O4.2C12H13N3O2.C8H5ClN2O.C7H3ClN2O2.C7H5ClN2.C6H3Cl2NO2.C6H4Cl2/c1-33-22-5-4-20(29-30-22)24(32)16-11-17(19(26)12-18(16)25)23-15-3-2-14(10-21(15)27-13-28-23)31-6-8-34-9-7-31;1-17(2)18(3,4)27-19(26-17)11-8-10(12(20)9-13(11)21)16(24)14-6-7-15(25-5)23-22-14;2*16-12-10-2-1-9(7-11(10)13-8-14-12)15-3-5-17-6-4-15;9-5-1-2-6-7(3-5)10-4-11-8(6)12;8-6-2-1-5(4-9)7(3-6)10(11)12;8-6-2-1-5(4-9)7(10)3-6;7-4-1-2-5(8)6(3-4)9(10)11;7-5-1-2-6(8)4-3-5/h2-5,10-13,24,32H,6-9H2,1H3;6-9,16,24H,1-5H3;2*1-2,7-8H,3-6H2,(H,13,14,16);1-4H,(H,10,11,12);1-3H;1-3H,10H2;1-3H;1-4H/i2D,3D;;1D,2D,7D;1D,2D;4*1D,2D,3D;1D,2D,3D,4D. The van der Waals surface area contributed by atoms with E-state index in [1.807, 2.05) is 42.4 Å². The summed E-state index contributed by atoms with van der Waals surface area (Å²) in [6.07, 6.45) is 2.45. The molecule has 2 atom stereocenters. The molecule has 6 aromatic heterocycles. The van der Waals surface area contributed by atoms with Crippen LogP contribution in [0.2, 0.25) is 45.2 Å². The summed E-state index contributed by atoms with van der Waals surface area (Å²) in [5.41, 5.74) is 4.03. The number of nitrogens with two attached hydrogens (primary N) is 1. The van der Waals surface area contributed by atoms with E-state index in [0.29, 0.717) is 113 Å². The Bertz CT molecular complexity index is 9000. The Balaban J connectivity index is 0.000000172. The Labute approximate surface area is 920 Å². The molecule has 2 unspecified atom stereocenters.